The largest absolute Gasteiger partial charge is 0.368 e. The minimum Gasteiger partial charge on any atom is -0.368 e. The highest BCUT2D eigenvalue weighted by Gasteiger charge is 1.99. The Bertz CT molecular complexity index is 405. The van der Waals surface area contributed by atoms with Crippen molar-refractivity contribution in [2.45, 2.75) is 0 Å². The molecule has 0 amide bonds. The zero-order valence-corrected chi connectivity index (χ0v) is 8.11. The minimum absolute atomic E-state index is 0. The molecule has 0 aliphatic rings. The standard InChI is InChI=1S/C9H8N4.ClH/c10-9-12-6-4-8(13-9)7-3-1-2-5-11-7;/h1-6H,(H2,10,12,13);1H. The monoisotopic (exact) mass is 208 g/mol. The number of hydrogen-bond donors (Lipinski definition) is 1. The molecule has 2 rings (SSSR count). The Labute approximate surface area is 87.6 Å². The zero-order valence-electron chi connectivity index (χ0n) is 7.29. The van der Waals surface area contributed by atoms with Crippen molar-refractivity contribution in [1.29, 1.82) is 0 Å². The third-order valence-electron chi connectivity index (χ3n) is 1.60. The van der Waals surface area contributed by atoms with Crippen molar-refractivity contribution in [1.82, 2.24) is 15.0 Å². The molecular weight excluding hydrogens is 200 g/mol. The number of aromatic nitrogens is 3. The van der Waals surface area contributed by atoms with Gasteiger partial charge in [0.1, 0.15) is 0 Å². The second-order valence-electron chi connectivity index (χ2n) is 2.52. The quantitative estimate of drug-likeness (QED) is 0.772. The van der Waals surface area contributed by atoms with Gasteiger partial charge in [-0.05, 0) is 18.2 Å². The summed E-state index contributed by atoms with van der Waals surface area (Å²) in [4.78, 5) is 12.0. The van der Waals surface area contributed by atoms with E-state index in [1.54, 1.807) is 18.5 Å². The van der Waals surface area contributed by atoms with E-state index in [1.165, 1.54) is 0 Å². The lowest BCUT2D eigenvalue weighted by molar-refractivity contribution is 1.17. The fourth-order valence-electron chi connectivity index (χ4n) is 1.03. The van der Waals surface area contributed by atoms with E-state index >= 15 is 0 Å². The number of hydrogen-bond acceptors (Lipinski definition) is 4. The van der Waals surface area contributed by atoms with Crippen LogP contribution in [0.3, 0.4) is 0 Å². The van der Waals surface area contributed by atoms with Gasteiger partial charge in [-0.15, -0.1) is 12.4 Å². The fraction of sp³-hybridized carbons (Fsp3) is 0. The molecule has 0 fully saturated rings. The molecular formula is C9H9ClN4. The van der Waals surface area contributed by atoms with Gasteiger partial charge in [-0.3, -0.25) is 4.98 Å². The molecule has 0 bridgehead atoms. The highest BCUT2D eigenvalue weighted by molar-refractivity contribution is 5.85. The van der Waals surface area contributed by atoms with Gasteiger partial charge >= 0.3 is 0 Å². The van der Waals surface area contributed by atoms with Crippen molar-refractivity contribution < 1.29 is 0 Å². The number of pyridine rings is 1. The van der Waals surface area contributed by atoms with Crippen LogP contribution in [0.1, 0.15) is 0 Å². The Hall–Kier alpha value is -1.68. The SMILES string of the molecule is Cl.Nc1nccc(-c2ccccn2)n1. The van der Waals surface area contributed by atoms with Crippen LogP contribution in [0, 0.1) is 0 Å². The summed E-state index contributed by atoms with van der Waals surface area (Å²) in [6.45, 7) is 0. The molecule has 0 radical (unpaired) electrons. The summed E-state index contributed by atoms with van der Waals surface area (Å²) < 4.78 is 0. The summed E-state index contributed by atoms with van der Waals surface area (Å²) >= 11 is 0. The maximum atomic E-state index is 5.45. The van der Waals surface area contributed by atoms with Crippen LogP contribution in [-0.4, -0.2) is 15.0 Å². The lowest BCUT2D eigenvalue weighted by Gasteiger charge is -1.98. The first-order valence-electron chi connectivity index (χ1n) is 3.86. The van der Waals surface area contributed by atoms with E-state index in [4.69, 9.17) is 5.73 Å². The van der Waals surface area contributed by atoms with Crippen molar-refractivity contribution in [2.24, 2.45) is 0 Å². The van der Waals surface area contributed by atoms with Crippen LogP contribution in [-0.2, 0) is 0 Å². The van der Waals surface area contributed by atoms with Gasteiger partial charge in [0.25, 0.3) is 0 Å². The van der Waals surface area contributed by atoms with Crippen LogP contribution in [0.25, 0.3) is 11.4 Å². The molecule has 2 aromatic rings. The van der Waals surface area contributed by atoms with Crippen molar-refractivity contribution in [2.75, 3.05) is 5.73 Å². The van der Waals surface area contributed by atoms with E-state index in [-0.39, 0.29) is 18.4 Å². The van der Waals surface area contributed by atoms with E-state index in [1.807, 2.05) is 18.2 Å². The number of nitrogens with zero attached hydrogens (tertiary/aromatic N) is 3. The molecule has 0 aliphatic heterocycles. The second-order valence-corrected chi connectivity index (χ2v) is 2.52. The molecule has 14 heavy (non-hydrogen) atoms. The summed E-state index contributed by atoms with van der Waals surface area (Å²) in [5.41, 5.74) is 6.99. The maximum Gasteiger partial charge on any atom is 0.220 e. The number of anilines is 1. The lowest BCUT2D eigenvalue weighted by Crippen LogP contribution is -1.95. The van der Waals surface area contributed by atoms with Crippen molar-refractivity contribution in [3.63, 3.8) is 0 Å². The third kappa shape index (κ3) is 2.17. The van der Waals surface area contributed by atoms with Crippen LogP contribution in [0.4, 0.5) is 5.95 Å². The average molecular weight is 209 g/mol. The third-order valence-corrected chi connectivity index (χ3v) is 1.60. The van der Waals surface area contributed by atoms with E-state index in [9.17, 15) is 0 Å². The van der Waals surface area contributed by atoms with Crippen LogP contribution in [0.5, 0.6) is 0 Å². The van der Waals surface area contributed by atoms with Crippen LogP contribution < -0.4 is 5.73 Å². The van der Waals surface area contributed by atoms with Gasteiger partial charge in [0.2, 0.25) is 5.95 Å². The van der Waals surface area contributed by atoms with Crippen LogP contribution in [0.15, 0.2) is 36.7 Å². The van der Waals surface area contributed by atoms with Crippen LogP contribution in [0.2, 0.25) is 0 Å². The van der Waals surface area contributed by atoms with Gasteiger partial charge in [0, 0.05) is 12.4 Å². The lowest BCUT2D eigenvalue weighted by atomic mass is 10.3. The first kappa shape index (κ1) is 10.4. The number of nitrogens with two attached hydrogens (primary N) is 1. The molecule has 2 N–H and O–H groups in total. The molecule has 0 atom stereocenters. The molecule has 0 aromatic carbocycles. The second kappa shape index (κ2) is 4.53. The van der Waals surface area contributed by atoms with E-state index in [0.29, 0.717) is 0 Å². The van der Waals surface area contributed by atoms with Gasteiger partial charge in [-0.2, -0.15) is 0 Å². The van der Waals surface area contributed by atoms with Gasteiger partial charge in [-0.1, -0.05) is 6.07 Å². The predicted molar refractivity (Wildman–Crippen MR) is 56.9 cm³/mol. The molecule has 0 spiro atoms. The molecule has 4 nitrogen and oxygen atoms in total. The van der Waals surface area contributed by atoms with Gasteiger partial charge in [0.15, 0.2) is 0 Å². The zero-order chi connectivity index (χ0) is 9.10. The smallest absolute Gasteiger partial charge is 0.220 e. The highest BCUT2D eigenvalue weighted by atomic mass is 35.5. The summed E-state index contributed by atoms with van der Waals surface area (Å²) in [7, 11) is 0. The Kier molecular flexibility index (Phi) is 3.36. The average Bonchev–Trinajstić information content (AvgIpc) is 2.19. The Morgan fingerprint density at radius 3 is 2.43 bits per heavy atom. The highest BCUT2D eigenvalue weighted by Crippen LogP contribution is 2.12. The first-order chi connectivity index (χ1) is 6.36. The van der Waals surface area contributed by atoms with E-state index in [0.717, 1.165) is 11.4 Å². The molecule has 0 aliphatic carbocycles. The normalized spacial score (nSPS) is 9.14. The topological polar surface area (TPSA) is 64.7 Å². The molecule has 5 heteroatoms. The number of rotatable bonds is 1. The van der Waals surface area contributed by atoms with Gasteiger partial charge < -0.3 is 5.73 Å². The summed E-state index contributed by atoms with van der Waals surface area (Å²) in [6, 6.07) is 7.41. The molecule has 0 unspecified atom stereocenters. The number of halogens is 1. The van der Waals surface area contributed by atoms with Crippen molar-refractivity contribution >= 4 is 18.4 Å². The molecule has 72 valence electrons. The minimum atomic E-state index is 0. The van der Waals surface area contributed by atoms with Gasteiger partial charge in [0.05, 0.1) is 11.4 Å². The molecule has 0 saturated carbocycles. The van der Waals surface area contributed by atoms with Gasteiger partial charge in [-0.25, -0.2) is 9.97 Å². The van der Waals surface area contributed by atoms with E-state index < -0.39 is 0 Å². The Morgan fingerprint density at radius 1 is 0.929 bits per heavy atom. The Morgan fingerprint density at radius 2 is 1.79 bits per heavy atom. The first-order valence-corrected chi connectivity index (χ1v) is 3.86. The summed E-state index contributed by atoms with van der Waals surface area (Å²) in [5.74, 6) is 0.267. The molecule has 2 heterocycles. The summed E-state index contributed by atoms with van der Waals surface area (Å²) in [6.07, 6.45) is 3.33. The predicted octanol–water partition coefficient (Wildman–Crippen LogP) is 1.54. The molecule has 0 saturated heterocycles. The fourth-order valence-corrected chi connectivity index (χ4v) is 1.03. The van der Waals surface area contributed by atoms with Crippen molar-refractivity contribution in [3.8, 4) is 11.4 Å². The number of nitrogen functional groups attached to an aromatic ring is 1. The Balaban J connectivity index is 0.000000980. The summed E-state index contributed by atoms with van der Waals surface area (Å²) in [5, 5.41) is 0. The molecule has 2 aromatic heterocycles. The maximum absolute atomic E-state index is 5.45. The van der Waals surface area contributed by atoms with Crippen molar-refractivity contribution in [3.05, 3.63) is 36.7 Å². The van der Waals surface area contributed by atoms with Crippen LogP contribution >= 0.6 is 12.4 Å². The van der Waals surface area contributed by atoms with E-state index in [2.05, 4.69) is 15.0 Å².